The minimum atomic E-state index is 0.449. The van der Waals surface area contributed by atoms with Crippen LogP contribution in [-0.2, 0) is 11.3 Å². The molecular formula is C16H28N4O. The Morgan fingerprint density at radius 2 is 2.05 bits per heavy atom. The maximum Gasteiger partial charge on any atom is 0.158 e. The van der Waals surface area contributed by atoms with Crippen LogP contribution in [0.3, 0.4) is 0 Å². The zero-order valence-corrected chi connectivity index (χ0v) is 13.8. The van der Waals surface area contributed by atoms with E-state index in [0.29, 0.717) is 12.0 Å². The van der Waals surface area contributed by atoms with Crippen LogP contribution < -0.4 is 10.2 Å². The van der Waals surface area contributed by atoms with Crippen LogP contribution in [0.15, 0.2) is 6.07 Å². The first-order chi connectivity index (χ1) is 10.2. The van der Waals surface area contributed by atoms with Crippen molar-refractivity contribution < 1.29 is 4.74 Å². The van der Waals surface area contributed by atoms with Crippen LogP contribution in [0, 0.1) is 5.41 Å². The van der Waals surface area contributed by atoms with Gasteiger partial charge in [-0.1, -0.05) is 13.8 Å². The largest absolute Gasteiger partial charge is 0.377 e. The monoisotopic (exact) mass is 292 g/mol. The number of rotatable bonds is 7. The molecule has 1 aliphatic heterocycles. The summed E-state index contributed by atoms with van der Waals surface area (Å²) < 4.78 is 5.19. The SMILES string of the molecule is CCNc1cc(N2CCC(CC)(CC)C2)nc(COC)n1. The van der Waals surface area contributed by atoms with E-state index in [4.69, 9.17) is 4.74 Å². The third-order valence-corrected chi connectivity index (χ3v) is 4.65. The summed E-state index contributed by atoms with van der Waals surface area (Å²) in [5, 5.41) is 3.29. The molecule has 0 radical (unpaired) electrons. The third kappa shape index (κ3) is 3.64. The second-order valence-corrected chi connectivity index (χ2v) is 5.87. The maximum atomic E-state index is 5.19. The Kier molecular flexibility index (Phi) is 5.39. The Hall–Kier alpha value is -1.36. The van der Waals surface area contributed by atoms with Gasteiger partial charge < -0.3 is 15.0 Å². The van der Waals surface area contributed by atoms with E-state index in [1.165, 1.54) is 19.3 Å². The highest BCUT2D eigenvalue weighted by molar-refractivity contribution is 5.50. The van der Waals surface area contributed by atoms with Crippen molar-refractivity contribution in [1.29, 1.82) is 0 Å². The number of nitrogens with zero attached hydrogens (tertiary/aromatic N) is 3. The van der Waals surface area contributed by atoms with E-state index in [2.05, 4.69) is 47.0 Å². The van der Waals surface area contributed by atoms with Crippen LogP contribution in [0.5, 0.6) is 0 Å². The molecule has 0 amide bonds. The van der Waals surface area contributed by atoms with Crippen molar-refractivity contribution in [3.63, 3.8) is 0 Å². The Morgan fingerprint density at radius 1 is 1.29 bits per heavy atom. The van der Waals surface area contributed by atoms with E-state index in [-0.39, 0.29) is 0 Å². The molecule has 1 aromatic heterocycles. The molecule has 5 heteroatoms. The van der Waals surface area contributed by atoms with Crippen LogP contribution in [0.4, 0.5) is 11.6 Å². The number of aromatic nitrogens is 2. The van der Waals surface area contributed by atoms with Gasteiger partial charge in [-0.15, -0.1) is 0 Å². The van der Waals surface area contributed by atoms with Gasteiger partial charge in [0.05, 0.1) is 0 Å². The van der Waals surface area contributed by atoms with Crippen molar-refractivity contribution in [1.82, 2.24) is 9.97 Å². The molecule has 1 fully saturated rings. The van der Waals surface area contributed by atoms with Gasteiger partial charge in [-0.2, -0.15) is 0 Å². The highest BCUT2D eigenvalue weighted by Crippen LogP contribution is 2.38. The molecule has 0 aromatic carbocycles. The summed E-state index contributed by atoms with van der Waals surface area (Å²) in [4.78, 5) is 11.6. The van der Waals surface area contributed by atoms with E-state index in [0.717, 1.165) is 37.1 Å². The van der Waals surface area contributed by atoms with Crippen LogP contribution in [0.2, 0.25) is 0 Å². The van der Waals surface area contributed by atoms with E-state index in [1.807, 2.05) is 0 Å². The first-order valence-corrected chi connectivity index (χ1v) is 8.02. The van der Waals surface area contributed by atoms with Crippen LogP contribution in [0.25, 0.3) is 0 Å². The summed E-state index contributed by atoms with van der Waals surface area (Å²) in [5.74, 6) is 2.66. The molecule has 2 heterocycles. The van der Waals surface area contributed by atoms with Gasteiger partial charge >= 0.3 is 0 Å². The van der Waals surface area contributed by atoms with Gasteiger partial charge in [-0.3, -0.25) is 0 Å². The number of methoxy groups -OCH3 is 1. The average Bonchev–Trinajstić information content (AvgIpc) is 2.93. The zero-order valence-electron chi connectivity index (χ0n) is 13.8. The topological polar surface area (TPSA) is 50.3 Å². The lowest BCUT2D eigenvalue weighted by Gasteiger charge is -2.27. The third-order valence-electron chi connectivity index (χ3n) is 4.65. The molecule has 0 saturated carbocycles. The van der Waals surface area contributed by atoms with Crippen molar-refractivity contribution in [2.45, 2.75) is 46.6 Å². The van der Waals surface area contributed by atoms with E-state index < -0.39 is 0 Å². The predicted molar refractivity (Wildman–Crippen MR) is 86.8 cm³/mol. The van der Waals surface area contributed by atoms with Crippen LogP contribution in [-0.4, -0.2) is 36.7 Å². The Balaban J connectivity index is 2.22. The first kappa shape index (κ1) is 16.0. The van der Waals surface area contributed by atoms with Crippen molar-refractivity contribution in [2.24, 2.45) is 5.41 Å². The van der Waals surface area contributed by atoms with Gasteiger partial charge in [0.2, 0.25) is 0 Å². The molecule has 0 aliphatic carbocycles. The second-order valence-electron chi connectivity index (χ2n) is 5.87. The molecule has 0 spiro atoms. The van der Waals surface area contributed by atoms with E-state index >= 15 is 0 Å². The van der Waals surface area contributed by atoms with Crippen molar-refractivity contribution in [3.05, 3.63) is 11.9 Å². The summed E-state index contributed by atoms with van der Waals surface area (Å²) in [5.41, 5.74) is 0.449. The highest BCUT2D eigenvalue weighted by Gasteiger charge is 2.35. The van der Waals surface area contributed by atoms with Gasteiger partial charge in [-0.25, -0.2) is 9.97 Å². The van der Waals surface area contributed by atoms with Crippen LogP contribution >= 0.6 is 0 Å². The number of nitrogens with one attached hydrogen (secondary N) is 1. The van der Waals surface area contributed by atoms with Crippen molar-refractivity contribution in [2.75, 3.05) is 37.0 Å². The quantitative estimate of drug-likeness (QED) is 0.837. The normalized spacial score (nSPS) is 17.2. The fraction of sp³-hybridized carbons (Fsp3) is 0.750. The molecule has 1 N–H and O–H groups in total. The standard InChI is InChI=1S/C16H28N4O/c1-5-16(6-2)8-9-20(12-16)15-10-13(17-7-3)18-14(19-15)11-21-4/h10H,5-9,11-12H2,1-4H3,(H,17,18,19). The molecule has 0 bridgehead atoms. The lowest BCUT2D eigenvalue weighted by atomic mass is 9.82. The van der Waals surface area contributed by atoms with Gasteiger partial charge in [0.25, 0.3) is 0 Å². The van der Waals surface area contributed by atoms with Crippen molar-refractivity contribution >= 4 is 11.6 Å². The Labute approximate surface area is 128 Å². The average molecular weight is 292 g/mol. The first-order valence-electron chi connectivity index (χ1n) is 8.02. The Bertz CT molecular complexity index is 435. The summed E-state index contributed by atoms with van der Waals surface area (Å²) in [6.45, 7) is 10.2. The van der Waals surface area contributed by atoms with Gasteiger partial charge in [0, 0.05) is 32.8 Å². The molecule has 118 valence electrons. The minimum absolute atomic E-state index is 0.449. The maximum absolute atomic E-state index is 5.19. The second kappa shape index (κ2) is 7.07. The fourth-order valence-electron chi connectivity index (χ4n) is 3.07. The van der Waals surface area contributed by atoms with E-state index in [9.17, 15) is 0 Å². The molecule has 2 rings (SSSR count). The molecule has 1 aliphatic rings. The molecule has 21 heavy (non-hydrogen) atoms. The zero-order chi connectivity index (χ0) is 15.3. The van der Waals surface area contributed by atoms with Gasteiger partial charge in [0.15, 0.2) is 5.82 Å². The fourth-order valence-corrected chi connectivity index (χ4v) is 3.07. The lowest BCUT2D eigenvalue weighted by molar-refractivity contribution is 0.178. The van der Waals surface area contributed by atoms with Gasteiger partial charge in [-0.05, 0) is 31.6 Å². The Morgan fingerprint density at radius 3 is 2.62 bits per heavy atom. The summed E-state index contributed by atoms with van der Waals surface area (Å²) >= 11 is 0. The van der Waals surface area contributed by atoms with Gasteiger partial charge in [0.1, 0.15) is 18.2 Å². The molecule has 1 saturated heterocycles. The summed E-state index contributed by atoms with van der Waals surface area (Å²) in [6, 6.07) is 2.06. The molecular weight excluding hydrogens is 264 g/mol. The smallest absolute Gasteiger partial charge is 0.158 e. The highest BCUT2D eigenvalue weighted by atomic mass is 16.5. The molecule has 1 aromatic rings. The van der Waals surface area contributed by atoms with Crippen LogP contribution in [0.1, 0.15) is 45.9 Å². The number of hydrogen-bond donors (Lipinski definition) is 1. The molecule has 0 atom stereocenters. The predicted octanol–water partition coefficient (Wildman–Crippen LogP) is 3.07. The van der Waals surface area contributed by atoms with Crippen molar-refractivity contribution in [3.8, 4) is 0 Å². The minimum Gasteiger partial charge on any atom is -0.377 e. The molecule has 0 unspecified atom stereocenters. The lowest BCUT2D eigenvalue weighted by Crippen LogP contribution is -2.27. The summed E-state index contributed by atoms with van der Waals surface area (Å²) in [6.07, 6.45) is 3.71. The number of anilines is 2. The number of ether oxygens (including phenoxy) is 1. The number of hydrogen-bond acceptors (Lipinski definition) is 5. The molecule has 5 nitrogen and oxygen atoms in total. The van der Waals surface area contributed by atoms with E-state index in [1.54, 1.807) is 7.11 Å². The summed E-state index contributed by atoms with van der Waals surface area (Å²) in [7, 11) is 1.68.